The molecular formula is C21H18O9. The lowest BCUT2D eigenvalue weighted by Crippen LogP contribution is -2.35. The van der Waals surface area contributed by atoms with Crippen LogP contribution in [0.3, 0.4) is 0 Å². The van der Waals surface area contributed by atoms with E-state index in [0.717, 1.165) is 18.2 Å². The first kappa shape index (κ1) is 19.3. The van der Waals surface area contributed by atoms with Crippen LogP contribution in [0.4, 0.5) is 0 Å². The maximum Gasteiger partial charge on any atom is 0.157 e. The Morgan fingerprint density at radius 3 is 1.77 bits per heavy atom. The van der Waals surface area contributed by atoms with E-state index in [9.17, 15) is 40.9 Å². The third-order valence-electron chi connectivity index (χ3n) is 5.08. The molecule has 3 atom stereocenters. The highest BCUT2D eigenvalue weighted by molar-refractivity contribution is 5.62. The van der Waals surface area contributed by atoms with Crippen LogP contribution in [0.25, 0.3) is 0 Å². The number of phenols is 7. The summed E-state index contributed by atoms with van der Waals surface area (Å²) in [6, 6.07) is 7.90. The van der Waals surface area contributed by atoms with E-state index in [0.29, 0.717) is 0 Å². The molecule has 9 nitrogen and oxygen atoms in total. The zero-order valence-electron chi connectivity index (χ0n) is 15.3. The van der Waals surface area contributed by atoms with Crippen molar-refractivity contribution >= 4 is 0 Å². The molecule has 9 heteroatoms. The molecule has 0 radical (unpaired) electrons. The summed E-state index contributed by atoms with van der Waals surface area (Å²) in [4.78, 5) is 0. The zero-order valence-corrected chi connectivity index (χ0v) is 15.3. The van der Waals surface area contributed by atoms with Crippen LogP contribution in [0.2, 0.25) is 0 Å². The molecule has 30 heavy (non-hydrogen) atoms. The molecule has 0 unspecified atom stereocenters. The van der Waals surface area contributed by atoms with Gasteiger partial charge < -0.3 is 45.6 Å². The van der Waals surface area contributed by atoms with E-state index in [4.69, 9.17) is 4.74 Å². The van der Waals surface area contributed by atoms with Crippen molar-refractivity contribution in [1.82, 2.24) is 0 Å². The van der Waals surface area contributed by atoms with Crippen molar-refractivity contribution in [3.63, 3.8) is 0 Å². The Labute approximate surface area is 169 Å². The van der Waals surface area contributed by atoms with Gasteiger partial charge in [0.1, 0.15) is 40.6 Å². The summed E-state index contributed by atoms with van der Waals surface area (Å²) in [5.74, 6) is -4.38. The van der Waals surface area contributed by atoms with Crippen LogP contribution in [0.15, 0.2) is 42.5 Å². The number of hydrogen-bond donors (Lipinski definition) is 8. The van der Waals surface area contributed by atoms with Gasteiger partial charge in [0.05, 0.1) is 5.92 Å². The van der Waals surface area contributed by atoms with E-state index in [1.807, 2.05) is 0 Å². The molecule has 0 aliphatic carbocycles. The number of phenolic OH excluding ortho intramolecular Hbond substituents is 7. The van der Waals surface area contributed by atoms with Crippen LogP contribution in [0.5, 0.6) is 46.0 Å². The van der Waals surface area contributed by atoms with Crippen LogP contribution < -0.4 is 4.74 Å². The van der Waals surface area contributed by atoms with E-state index >= 15 is 0 Å². The standard InChI is InChI=1S/C21H18O9/c22-9-4-13(26)17(14(27)5-9)19-18-15(28)6-10(23)7-16(18)30-21(20(19)29)8-1-2-11(24)12(25)3-8/h1-7,19-29H/t19-,20-,21+/m0/s1. The van der Waals surface area contributed by atoms with Gasteiger partial charge in [0.25, 0.3) is 0 Å². The van der Waals surface area contributed by atoms with Gasteiger partial charge in [-0.3, -0.25) is 0 Å². The van der Waals surface area contributed by atoms with Crippen LogP contribution in [0.1, 0.15) is 28.7 Å². The maximum atomic E-state index is 11.1. The molecule has 3 aromatic rings. The first-order valence-corrected chi connectivity index (χ1v) is 8.84. The quantitative estimate of drug-likeness (QED) is 0.293. The number of aromatic hydroxyl groups is 7. The average Bonchev–Trinajstić information content (AvgIpc) is 2.64. The van der Waals surface area contributed by atoms with E-state index < -0.39 is 46.9 Å². The summed E-state index contributed by atoms with van der Waals surface area (Å²) < 4.78 is 5.77. The van der Waals surface area contributed by atoms with Crippen molar-refractivity contribution in [3.05, 3.63) is 59.2 Å². The van der Waals surface area contributed by atoms with Gasteiger partial charge in [-0.15, -0.1) is 0 Å². The summed E-state index contributed by atoms with van der Waals surface area (Å²) >= 11 is 0. The van der Waals surface area contributed by atoms with Crippen LogP contribution in [0, 0.1) is 0 Å². The van der Waals surface area contributed by atoms with Crippen LogP contribution >= 0.6 is 0 Å². The minimum atomic E-state index is -1.50. The summed E-state index contributed by atoms with van der Waals surface area (Å²) in [6.45, 7) is 0. The smallest absolute Gasteiger partial charge is 0.157 e. The Hall–Kier alpha value is -3.98. The SMILES string of the molecule is Oc1cc(O)c([C@H]2c3c(O)cc(O)cc3O[C@H](c3ccc(O)c(O)c3)[C@H]2O)c(O)c1. The van der Waals surface area contributed by atoms with Crippen molar-refractivity contribution in [3.8, 4) is 46.0 Å². The van der Waals surface area contributed by atoms with Gasteiger partial charge in [-0.25, -0.2) is 0 Å². The predicted octanol–water partition coefficient (Wildman–Crippen LogP) is 2.25. The van der Waals surface area contributed by atoms with Gasteiger partial charge in [-0.2, -0.15) is 0 Å². The minimum Gasteiger partial charge on any atom is -0.508 e. The van der Waals surface area contributed by atoms with E-state index in [1.54, 1.807) is 0 Å². The second kappa shape index (κ2) is 6.82. The number of hydrogen-bond acceptors (Lipinski definition) is 9. The molecule has 0 saturated heterocycles. The molecule has 0 aromatic heterocycles. The fourth-order valence-electron chi connectivity index (χ4n) is 3.78. The second-order valence-electron chi connectivity index (χ2n) is 7.03. The Kier molecular flexibility index (Phi) is 4.39. The Bertz CT molecular complexity index is 1120. The predicted molar refractivity (Wildman–Crippen MR) is 102 cm³/mol. The molecule has 0 bridgehead atoms. The molecule has 0 amide bonds. The van der Waals surface area contributed by atoms with Crippen LogP contribution in [-0.4, -0.2) is 47.0 Å². The van der Waals surface area contributed by atoms with Crippen molar-refractivity contribution < 1.29 is 45.6 Å². The minimum absolute atomic E-state index is 0.00385. The molecular weight excluding hydrogens is 396 g/mol. The second-order valence-corrected chi connectivity index (χ2v) is 7.03. The highest BCUT2D eigenvalue weighted by Crippen LogP contribution is 2.54. The fraction of sp³-hybridized carbons (Fsp3) is 0.143. The molecule has 3 aromatic carbocycles. The molecule has 0 spiro atoms. The third kappa shape index (κ3) is 3.01. The highest BCUT2D eigenvalue weighted by atomic mass is 16.5. The summed E-state index contributed by atoms with van der Waals surface area (Å²) in [7, 11) is 0. The van der Waals surface area contributed by atoms with Gasteiger partial charge >= 0.3 is 0 Å². The molecule has 0 fully saturated rings. The monoisotopic (exact) mass is 414 g/mol. The zero-order chi connectivity index (χ0) is 21.7. The lowest BCUT2D eigenvalue weighted by Gasteiger charge is -2.38. The number of fused-ring (bicyclic) bond motifs is 1. The number of ether oxygens (including phenoxy) is 1. The Balaban J connectivity index is 1.95. The number of aliphatic hydroxyl groups excluding tert-OH is 1. The molecule has 4 rings (SSSR count). The Morgan fingerprint density at radius 2 is 1.17 bits per heavy atom. The first-order chi connectivity index (χ1) is 14.2. The van der Waals surface area contributed by atoms with Gasteiger partial charge in [-0.1, -0.05) is 6.07 Å². The van der Waals surface area contributed by atoms with Crippen molar-refractivity contribution in [2.75, 3.05) is 0 Å². The Morgan fingerprint density at radius 1 is 0.600 bits per heavy atom. The molecule has 0 saturated carbocycles. The largest absolute Gasteiger partial charge is 0.508 e. The lowest BCUT2D eigenvalue weighted by molar-refractivity contribution is 0.00644. The average molecular weight is 414 g/mol. The van der Waals surface area contributed by atoms with E-state index in [1.165, 1.54) is 24.3 Å². The van der Waals surface area contributed by atoms with Crippen LogP contribution in [-0.2, 0) is 0 Å². The van der Waals surface area contributed by atoms with Gasteiger partial charge in [0, 0.05) is 35.4 Å². The first-order valence-electron chi connectivity index (χ1n) is 8.84. The molecule has 1 aliphatic rings. The van der Waals surface area contributed by atoms with Crippen molar-refractivity contribution in [2.45, 2.75) is 18.1 Å². The summed E-state index contributed by atoms with van der Waals surface area (Å²) in [6.07, 6.45) is -2.68. The maximum absolute atomic E-state index is 11.1. The highest BCUT2D eigenvalue weighted by Gasteiger charge is 2.43. The fourth-order valence-corrected chi connectivity index (χ4v) is 3.78. The normalized spacial score (nSPS) is 20.4. The van der Waals surface area contributed by atoms with Gasteiger partial charge in [0.2, 0.25) is 0 Å². The molecule has 1 heterocycles. The molecule has 1 aliphatic heterocycles. The van der Waals surface area contributed by atoms with Gasteiger partial charge in [-0.05, 0) is 17.7 Å². The molecule has 156 valence electrons. The number of rotatable bonds is 2. The lowest BCUT2D eigenvalue weighted by atomic mass is 9.79. The van der Waals surface area contributed by atoms with Gasteiger partial charge in [0.15, 0.2) is 17.6 Å². The van der Waals surface area contributed by atoms with Crippen molar-refractivity contribution in [1.29, 1.82) is 0 Å². The topological polar surface area (TPSA) is 171 Å². The van der Waals surface area contributed by atoms with E-state index in [2.05, 4.69) is 0 Å². The number of benzene rings is 3. The number of aliphatic hydroxyl groups is 1. The summed E-state index contributed by atoms with van der Waals surface area (Å²) in [5.41, 5.74) is 0.0590. The van der Waals surface area contributed by atoms with Crippen molar-refractivity contribution in [2.24, 2.45) is 0 Å². The summed E-state index contributed by atoms with van der Waals surface area (Å²) in [5, 5.41) is 81.2. The third-order valence-corrected chi connectivity index (χ3v) is 5.08. The van der Waals surface area contributed by atoms with E-state index in [-0.39, 0.29) is 33.9 Å². The molecule has 8 N–H and O–H groups in total.